The molecule has 1 unspecified atom stereocenters. The summed E-state index contributed by atoms with van der Waals surface area (Å²) in [7, 11) is 0. The molecule has 1 aromatic carbocycles. The lowest BCUT2D eigenvalue weighted by molar-refractivity contribution is 0.471. The minimum Gasteiger partial charge on any atom is -0.507 e. The average Bonchev–Trinajstić information content (AvgIpc) is 2.11. The number of hydrogen-bond donors (Lipinski definition) is 1. The highest BCUT2D eigenvalue weighted by atomic mass is 79.9. The maximum Gasteiger partial charge on any atom is 0.129 e. The molecule has 0 saturated carbocycles. The van der Waals surface area contributed by atoms with Gasteiger partial charge in [0, 0.05) is 5.25 Å². The van der Waals surface area contributed by atoms with Gasteiger partial charge in [0.1, 0.15) is 5.75 Å². The summed E-state index contributed by atoms with van der Waals surface area (Å²) < 4.78 is 0.773. The molecular weight excluding hydrogens is 260 g/mol. The van der Waals surface area contributed by atoms with Gasteiger partial charge in [-0.05, 0) is 45.8 Å². The molecule has 0 bridgehead atoms. The fraction of sp³-hybridized carbons (Fsp3) is 0.455. The van der Waals surface area contributed by atoms with E-state index in [4.69, 9.17) is 0 Å². The standard InChI is InChI=1S/C11H15BrOS/c1-7(2)11(14-3)8-4-5-10(13)9(12)6-8/h4-7,11,13H,1-3H3. The van der Waals surface area contributed by atoms with Gasteiger partial charge in [-0.1, -0.05) is 19.9 Å². The molecule has 1 nitrogen and oxygen atoms in total. The number of halogens is 1. The van der Waals surface area contributed by atoms with Crippen molar-refractivity contribution in [3.05, 3.63) is 28.2 Å². The zero-order valence-corrected chi connectivity index (χ0v) is 11.0. The predicted octanol–water partition coefficient (Wildman–Crippen LogP) is 4.21. The zero-order valence-electron chi connectivity index (χ0n) is 8.62. The van der Waals surface area contributed by atoms with E-state index in [1.807, 2.05) is 23.9 Å². The van der Waals surface area contributed by atoms with Crippen molar-refractivity contribution in [1.82, 2.24) is 0 Å². The molecule has 1 atom stereocenters. The lowest BCUT2D eigenvalue weighted by Crippen LogP contribution is -2.01. The third-order valence-corrected chi connectivity index (χ3v) is 4.12. The van der Waals surface area contributed by atoms with E-state index in [2.05, 4.69) is 36.0 Å². The van der Waals surface area contributed by atoms with Gasteiger partial charge in [0.05, 0.1) is 4.47 Å². The molecule has 0 aliphatic carbocycles. The van der Waals surface area contributed by atoms with Crippen LogP contribution < -0.4 is 0 Å². The summed E-state index contributed by atoms with van der Waals surface area (Å²) in [6, 6.07) is 5.72. The van der Waals surface area contributed by atoms with Gasteiger partial charge in [0.15, 0.2) is 0 Å². The molecule has 0 heterocycles. The van der Waals surface area contributed by atoms with Crippen LogP contribution in [0.5, 0.6) is 5.75 Å². The highest BCUT2D eigenvalue weighted by molar-refractivity contribution is 9.10. The minimum absolute atomic E-state index is 0.303. The van der Waals surface area contributed by atoms with E-state index in [-0.39, 0.29) is 0 Å². The smallest absolute Gasteiger partial charge is 0.129 e. The van der Waals surface area contributed by atoms with Crippen LogP contribution in [0.3, 0.4) is 0 Å². The maximum atomic E-state index is 9.38. The number of phenols is 1. The second-order valence-corrected chi connectivity index (χ2v) is 5.44. The number of thioether (sulfide) groups is 1. The number of hydrogen-bond acceptors (Lipinski definition) is 2. The summed E-state index contributed by atoms with van der Waals surface area (Å²) >= 11 is 5.18. The second-order valence-electron chi connectivity index (χ2n) is 3.61. The summed E-state index contributed by atoms with van der Waals surface area (Å²) in [6.45, 7) is 4.42. The van der Waals surface area contributed by atoms with Crippen molar-refractivity contribution in [3.63, 3.8) is 0 Å². The van der Waals surface area contributed by atoms with E-state index in [1.165, 1.54) is 5.56 Å². The van der Waals surface area contributed by atoms with Crippen LogP contribution in [-0.4, -0.2) is 11.4 Å². The van der Waals surface area contributed by atoms with Crippen molar-refractivity contribution in [2.24, 2.45) is 5.92 Å². The Kier molecular flexibility index (Phi) is 4.32. The highest BCUT2D eigenvalue weighted by Gasteiger charge is 2.15. The Hall–Kier alpha value is -0.150. The number of phenolic OH excluding ortho intramolecular Hbond substituents is 1. The van der Waals surface area contributed by atoms with Crippen LogP contribution >= 0.6 is 27.7 Å². The maximum absolute atomic E-state index is 9.38. The van der Waals surface area contributed by atoms with Crippen LogP contribution in [0.25, 0.3) is 0 Å². The first-order valence-corrected chi connectivity index (χ1v) is 6.65. The monoisotopic (exact) mass is 274 g/mol. The molecule has 14 heavy (non-hydrogen) atoms. The van der Waals surface area contributed by atoms with Gasteiger partial charge in [-0.25, -0.2) is 0 Å². The van der Waals surface area contributed by atoms with Gasteiger partial charge in [-0.15, -0.1) is 0 Å². The summed E-state index contributed by atoms with van der Waals surface area (Å²) in [5, 5.41) is 9.88. The molecule has 1 N–H and O–H groups in total. The van der Waals surface area contributed by atoms with E-state index >= 15 is 0 Å². The molecule has 1 rings (SSSR count). The zero-order chi connectivity index (χ0) is 10.7. The first kappa shape index (κ1) is 11.9. The van der Waals surface area contributed by atoms with Gasteiger partial charge >= 0.3 is 0 Å². The summed E-state index contributed by atoms with van der Waals surface area (Å²) in [6.07, 6.45) is 2.12. The fourth-order valence-corrected chi connectivity index (χ4v) is 2.85. The molecule has 0 spiro atoms. The average molecular weight is 275 g/mol. The van der Waals surface area contributed by atoms with Crippen LogP contribution in [-0.2, 0) is 0 Å². The normalized spacial score (nSPS) is 13.2. The van der Waals surface area contributed by atoms with Gasteiger partial charge in [0.25, 0.3) is 0 Å². The third-order valence-electron chi connectivity index (χ3n) is 2.16. The van der Waals surface area contributed by atoms with E-state index in [9.17, 15) is 5.11 Å². The third kappa shape index (κ3) is 2.67. The molecule has 0 aliphatic rings. The Balaban J connectivity index is 3.00. The quantitative estimate of drug-likeness (QED) is 0.891. The van der Waals surface area contributed by atoms with Crippen LogP contribution in [0.4, 0.5) is 0 Å². The van der Waals surface area contributed by atoms with Crippen LogP contribution in [0.2, 0.25) is 0 Å². The Morgan fingerprint density at radius 3 is 2.43 bits per heavy atom. The van der Waals surface area contributed by atoms with Gasteiger partial charge in [-0.3, -0.25) is 0 Å². The van der Waals surface area contributed by atoms with Crippen molar-refractivity contribution in [2.75, 3.05) is 6.26 Å². The van der Waals surface area contributed by atoms with E-state index in [1.54, 1.807) is 6.07 Å². The number of rotatable bonds is 3. The van der Waals surface area contributed by atoms with Gasteiger partial charge in [-0.2, -0.15) is 11.8 Å². The van der Waals surface area contributed by atoms with E-state index < -0.39 is 0 Å². The number of aromatic hydroxyl groups is 1. The highest BCUT2D eigenvalue weighted by Crippen LogP contribution is 2.36. The molecule has 0 radical (unpaired) electrons. The SMILES string of the molecule is CSC(c1ccc(O)c(Br)c1)C(C)C. The molecule has 1 aromatic rings. The fourth-order valence-electron chi connectivity index (χ4n) is 1.49. The van der Waals surface area contributed by atoms with Crippen LogP contribution in [0.15, 0.2) is 22.7 Å². The molecule has 78 valence electrons. The molecule has 3 heteroatoms. The van der Waals surface area contributed by atoms with Crippen molar-refractivity contribution >= 4 is 27.7 Å². The van der Waals surface area contributed by atoms with Crippen LogP contribution in [0.1, 0.15) is 24.7 Å². The minimum atomic E-state index is 0.303. The largest absolute Gasteiger partial charge is 0.507 e. The van der Waals surface area contributed by atoms with Crippen molar-refractivity contribution < 1.29 is 5.11 Å². The van der Waals surface area contributed by atoms with E-state index in [0.717, 1.165) is 4.47 Å². The first-order chi connectivity index (χ1) is 6.56. The molecule has 0 fully saturated rings. The molecular formula is C11H15BrOS. The topological polar surface area (TPSA) is 20.2 Å². The Morgan fingerprint density at radius 2 is 2.00 bits per heavy atom. The Labute approximate surface area is 98.0 Å². The summed E-state index contributed by atoms with van der Waals surface area (Å²) in [5.41, 5.74) is 1.26. The van der Waals surface area contributed by atoms with Crippen molar-refractivity contribution in [3.8, 4) is 5.75 Å². The Morgan fingerprint density at radius 1 is 1.36 bits per heavy atom. The summed E-state index contributed by atoms with van der Waals surface area (Å²) in [5.74, 6) is 0.902. The number of benzene rings is 1. The lowest BCUT2D eigenvalue weighted by Gasteiger charge is -2.19. The van der Waals surface area contributed by atoms with Crippen molar-refractivity contribution in [2.45, 2.75) is 19.1 Å². The lowest BCUT2D eigenvalue weighted by atomic mass is 10.0. The first-order valence-electron chi connectivity index (χ1n) is 4.57. The van der Waals surface area contributed by atoms with E-state index in [0.29, 0.717) is 16.9 Å². The second kappa shape index (κ2) is 5.08. The van der Waals surface area contributed by atoms with Gasteiger partial charge < -0.3 is 5.11 Å². The molecule has 0 aromatic heterocycles. The molecule has 0 saturated heterocycles. The van der Waals surface area contributed by atoms with Crippen molar-refractivity contribution in [1.29, 1.82) is 0 Å². The molecule has 0 amide bonds. The van der Waals surface area contributed by atoms with Gasteiger partial charge in [0.2, 0.25) is 0 Å². The van der Waals surface area contributed by atoms with Crippen LogP contribution in [0, 0.1) is 5.92 Å². The summed E-state index contributed by atoms with van der Waals surface area (Å²) in [4.78, 5) is 0. The Bertz CT molecular complexity index is 312. The molecule has 0 aliphatic heterocycles. The predicted molar refractivity (Wildman–Crippen MR) is 66.9 cm³/mol.